The van der Waals surface area contributed by atoms with E-state index in [0.29, 0.717) is 0 Å². The smallest absolute Gasteiger partial charge is 0.342 e. The summed E-state index contributed by atoms with van der Waals surface area (Å²) in [6.07, 6.45) is -0.204. The fraction of sp³-hybridized carbons (Fsp3) is 0.500. The van der Waals surface area contributed by atoms with Gasteiger partial charge in [0.15, 0.2) is 0 Å². The Labute approximate surface area is 92.4 Å². The van der Waals surface area contributed by atoms with E-state index in [4.69, 9.17) is 11.6 Å². The summed E-state index contributed by atoms with van der Waals surface area (Å²) in [6, 6.07) is 0. The quantitative estimate of drug-likeness (QED) is 0.387. The van der Waals surface area contributed by atoms with Gasteiger partial charge in [0.25, 0.3) is 0 Å². The van der Waals surface area contributed by atoms with Crippen molar-refractivity contribution in [3.63, 3.8) is 0 Å². The molecule has 0 saturated heterocycles. The van der Waals surface area contributed by atoms with Crippen LogP contribution in [0.5, 0.6) is 0 Å². The third-order valence-corrected chi connectivity index (χ3v) is 4.01. The second kappa shape index (κ2) is 3.03. The number of alkyl halides is 3. The van der Waals surface area contributed by atoms with Crippen molar-refractivity contribution in [1.29, 1.82) is 0 Å². The average molecular weight is 283 g/mol. The zero-order valence-electron chi connectivity index (χ0n) is 6.85. The molecule has 6 heteroatoms. The number of ether oxygens (including phenoxy) is 1. The first-order valence-corrected chi connectivity index (χ1v) is 5.21. The highest BCUT2D eigenvalue weighted by Crippen LogP contribution is 2.45. The number of cyclic esters (lactones) is 2. The number of carbonyl (C=O) groups excluding carboxylic acids is 2. The van der Waals surface area contributed by atoms with Gasteiger partial charge < -0.3 is 4.74 Å². The maximum atomic E-state index is 13.6. The molecule has 1 aliphatic heterocycles. The van der Waals surface area contributed by atoms with E-state index in [9.17, 15) is 14.0 Å². The van der Waals surface area contributed by atoms with E-state index < -0.39 is 21.9 Å². The summed E-state index contributed by atoms with van der Waals surface area (Å²) in [5.41, 5.74) is 0.314. The van der Waals surface area contributed by atoms with Crippen LogP contribution in [0, 0.1) is 0 Å². The predicted molar refractivity (Wildman–Crippen MR) is 49.8 cm³/mol. The zero-order valence-corrected chi connectivity index (χ0v) is 9.19. The first-order valence-electron chi connectivity index (χ1n) is 3.92. The Kier molecular flexibility index (Phi) is 2.19. The van der Waals surface area contributed by atoms with Crippen molar-refractivity contribution < 1.29 is 18.7 Å². The van der Waals surface area contributed by atoms with Gasteiger partial charge in [-0.25, -0.2) is 14.0 Å². The maximum Gasteiger partial charge on any atom is 0.342 e. The van der Waals surface area contributed by atoms with E-state index in [2.05, 4.69) is 20.7 Å². The van der Waals surface area contributed by atoms with Crippen LogP contribution in [-0.4, -0.2) is 21.9 Å². The van der Waals surface area contributed by atoms with Crippen molar-refractivity contribution in [2.45, 2.75) is 22.8 Å². The summed E-state index contributed by atoms with van der Waals surface area (Å²) in [7, 11) is 0. The summed E-state index contributed by atoms with van der Waals surface area (Å²) < 4.78 is 17.9. The van der Waals surface area contributed by atoms with Crippen molar-refractivity contribution in [2.24, 2.45) is 0 Å². The summed E-state index contributed by atoms with van der Waals surface area (Å²) in [5.74, 6) is -1.45. The molecule has 0 fully saturated rings. The van der Waals surface area contributed by atoms with Gasteiger partial charge >= 0.3 is 11.9 Å². The molecule has 2 atom stereocenters. The standard InChI is InChI=1S/C8H5BrClFO3/c9-5-1-3-4(2-8(5,10)11)7(13)14-6(3)12/h5H,1-2H2. The molecule has 0 aromatic heterocycles. The molecule has 0 bridgehead atoms. The minimum atomic E-state index is -2.03. The van der Waals surface area contributed by atoms with Crippen LogP contribution >= 0.6 is 27.5 Å². The normalized spacial score (nSPS) is 37.2. The lowest BCUT2D eigenvalue weighted by atomic mass is 9.91. The highest BCUT2D eigenvalue weighted by atomic mass is 79.9. The molecule has 0 aromatic rings. The lowest BCUT2D eigenvalue weighted by Gasteiger charge is -2.27. The van der Waals surface area contributed by atoms with Crippen molar-refractivity contribution in [2.75, 3.05) is 0 Å². The van der Waals surface area contributed by atoms with E-state index in [1.807, 2.05) is 0 Å². The molecule has 0 saturated carbocycles. The Balaban J connectivity index is 2.40. The fourth-order valence-corrected chi connectivity index (χ4v) is 2.21. The SMILES string of the molecule is O=C1OC(=O)C2=C1CC(Br)C(F)(Cl)C2. The molecule has 3 nitrogen and oxygen atoms in total. The Morgan fingerprint density at radius 1 is 1.43 bits per heavy atom. The highest BCUT2D eigenvalue weighted by molar-refractivity contribution is 9.09. The summed E-state index contributed by atoms with van der Waals surface area (Å²) >= 11 is 8.57. The van der Waals surface area contributed by atoms with Crippen LogP contribution in [0.25, 0.3) is 0 Å². The molecule has 0 radical (unpaired) electrons. The minimum absolute atomic E-state index is 0.0724. The number of hydrogen-bond acceptors (Lipinski definition) is 3. The lowest BCUT2D eigenvalue weighted by molar-refractivity contribution is -0.151. The molecule has 0 N–H and O–H groups in total. The van der Waals surface area contributed by atoms with Gasteiger partial charge in [-0.15, -0.1) is 0 Å². The van der Waals surface area contributed by atoms with Crippen LogP contribution < -0.4 is 0 Å². The van der Waals surface area contributed by atoms with Gasteiger partial charge in [0.2, 0.25) is 5.13 Å². The Morgan fingerprint density at radius 2 is 2.00 bits per heavy atom. The van der Waals surface area contributed by atoms with Gasteiger partial charge in [-0.2, -0.15) is 0 Å². The lowest BCUT2D eigenvalue weighted by Crippen LogP contribution is -2.33. The molecule has 2 rings (SSSR count). The number of hydrogen-bond donors (Lipinski definition) is 0. The second-order valence-corrected chi connectivity index (χ2v) is 4.98. The van der Waals surface area contributed by atoms with Gasteiger partial charge in [0, 0.05) is 12.0 Å². The van der Waals surface area contributed by atoms with Crippen molar-refractivity contribution in [3.8, 4) is 0 Å². The largest absolute Gasteiger partial charge is 0.386 e. The number of halogens is 3. The number of carbonyl (C=O) groups is 2. The number of esters is 2. The van der Waals surface area contributed by atoms with Crippen LogP contribution in [0.3, 0.4) is 0 Å². The third-order valence-electron chi connectivity index (χ3n) is 2.30. The molecule has 1 heterocycles. The van der Waals surface area contributed by atoms with Gasteiger partial charge in [-0.3, -0.25) is 0 Å². The van der Waals surface area contributed by atoms with Gasteiger partial charge in [0.05, 0.1) is 10.4 Å². The fourth-order valence-electron chi connectivity index (χ4n) is 1.51. The van der Waals surface area contributed by atoms with E-state index >= 15 is 0 Å². The topological polar surface area (TPSA) is 43.4 Å². The molecular formula is C8H5BrClFO3. The monoisotopic (exact) mass is 282 g/mol. The highest BCUT2D eigenvalue weighted by Gasteiger charge is 2.48. The minimum Gasteiger partial charge on any atom is -0.386 e. The molecule has 2 aliphatic rings. The van der Waals surface area contributed by atoms with Crippen molar-refractivity contribution >= 4 is 39.5 Å². The Hall–Kier alpha value is -0.420. The average Bonchev–Trinajstić information content (AvgIpc) is 2.30. The van der Waals surface area contributed by atoms with Crippen molar-refractivity contribution in [3.05, 3.63) is 11.1 Å². The van der Waals surface area contributed by atoms with Gasteiger partial charge in [0.1, 0.15) is 0 Å². The maximum absolute atomic E-state index is 13.6. The van der Waals surface area contributed by atoms with E-state index in [-0.39, 0.29) is 24.0 Å². The second-order valence-electron chi connectivity index (χ2n) is 3.24. The molecule has 76 valence electrons. The molecular weight excluding hydrogens is 278 g/mol. The van der Waals surface area contributed by atoms with Crippen LogP contribution in [-0.2, 0) is 14.3 Å². The Bertz CT molecular complexity index is 364. The van der Waals surface area contributed by atoms with Crippen LogP contribution in [0.1, 0.15) is 12.8 Å². The van der Waals surface area contributed by atoms with Crippen LogP contribution in [0.4, 0.5) is 4.39 Å². The number of rotatable bonds is 0. The first-order chi connectivity index (χ1) is 6.42. The summed E-state index contributed by atoms with van der Waals surface area (Å²) in [6.45, 7) is 0. The molecule has 1 aliphatic carbocycles. The molecule has 0 spiro atoms. The van der Waals surface area contributed by atoms with E-state index in [1.165, 1.54) is 0 Å². The predicted octanol–water partition coefficient (Wildman–Crippen LogP) is 1.83. The van der Waals surface area contributed by atoms with Gasteiger partial charge in [-0.05, 0) is 6.42 Å². The third kappa shape index (κ3) is 1.39. The first kappa shape index (κ1) is 10.1. The van der Waals surface area contributed by atoms with Crippen LogP contribution in [0.15, 0.2) is 11.1 Å². The Morgan fingerprint density at radius 3 is 2.64 bits per heavy atom. The summed E-state index contributed by atoms with van der Waals surface area (Å²) in [4.78, 5) is 21.5. The van der Waals surface area contributed by atoms with Crippen molar-refractivity contribution in [1.82, 2.24) is 0 Å². The molecule has 0 aromatic carbocycles. The molecule has 0 amide bonds. The molecule has 14 heavy (non-hydrogen) atoms. The van der Waals surface area contributed by atoms with E-state index in [1.54, 1.807) is 0 Å². The van der Waals surface area contributed by atoms with Crippen LogP contribution in [0.2, 0.25) is 0 Å². The van der Waals surface area contributed by atoms with E-state index in [0.717, 1.165) is 0 Å². The summed E-state index contributed by atoms with van der Waals surface area (Å²) in [5, 5.41) is -2.03. The van der Waals surface area contributed by atoms with Gasteiger partial charge in [-0.1, -0.05) is 27.5 Å². The molecule has 2 unspecified atom stereocenters. The zero-order chi connectivity index (χ0) is 10.5.